The van der Waals surface area contributed by atoms with E-state index in [-0.39, 0.29) is 18.0 Å². The molecule has 0 aliphatic heterocycles. The van der Waals surface area contributed by atoms with E-state index in [4.69, 9.17) is 0 Å². The Labute approximate surface area is 90.3 Å². The molecule has 0 radical (unpaired) electrons. The molecule has 0 unspecified atom stereocenters. The number of Topliss-reactive ketones (excluding diaryl/α,β-unsaturated/α-hetero) is 2. The van der Waals surface area contributed by atoms with Crippen molar-refractivity contribution in [2.45, 2.75) is 34.1 Å². The van der Waals surface area contributed by atoms with E-state index >= 15 is 0 Å². The number of rotatable bonds is 2. The van der Waals surface area contributed by atoms with Gasteiger partial charge in [-0.05, 0) is 33.8 Å². The average Bonchev–Trinajstić information content (AvgIpc) is 2.27. The molecule has 1 rings (SSSR count). The number of nitrogens with zero attached hydrogens (tertiary/aromatic N) is 2. The van der Waals surface area contributed by atoms with Gasteiger partial charge in [-0.25, -0.2) is 0 Å². The molecule has 0 atom stereocenters. The molecule has 0 bridgehead atoms. The number of hydrogen-bond donors (Lipinski definition) is 0. The van der Waals surface area contributed by atoms with Gasteiger partial charge in [0.2, 0.25) is 0 Å². The largest absolute Gasteiger partial charge is 0.300 e. The second kappa shape index (κ2) is 6.11. The van der Waals surface area contributed by atoms with Crippen LogP contribution in [0.25, 0.3) is 0 Å². The molecule has 0 aromatic carbocycles. The number of ketones is 2. The van der Waals surface area contributed by atoms with Crippen LogP contribution in [0.4, 0.5) is 0 Å². The Bertz CT molecular complexity index is 322. The smallest absolute Gasteiger partial charge is 0.137 e. The molecule has 0 N–H and O–H groups in total. The van der Waals surface area contributed by atoms with Gasteiger partial charge in [-0.15, -0.1) is 0 Å². The van der Waals surface area contributed by atoms with E-state index < -0.39 is 0 Å². The van der Waals surface area contributed by atoms with Crippen LogP contribution in [0, 0.1) is 13.8 Å². The van der Waals surface area contributed by atoms with E-state index in [1.165, 1.54) is 19.5 Å². The molecular formula is C11H18N2O2. The SMILES string of the molecule is CC(=O)CC(C)=O.Cc1cc(C)n(C)n1. The number of aryl methyl sites for hydroxylation is 3. The van der Waals surface area contributed by atoms with Gasteiger partial charge in [0.25, 0.3) is 0 Å². The molecule has 4 heteroatoms. The van der Waals surface area contributed by atoms with Crippen LogP contribution in [-0.2, 0) is 16.6 Å². The van der Waals surface area contributed by atoms with Crippen molar-refractivity contribution in [2.75, 3.05) is 0 Å². The van der Waals surface area contributed by atoms with Gasteiger partial charge < -0.3 is 0 Å². The molecule has 84 valence electrons. The molecule has 1 heterocycles. The summed E-state index contributed by atoms with van der Waals surface area (Å²) < 4.78 is 1.87. The molecule has 0 aliphatic carbocycles. The molecule has 0 fully saturated rings. The van der Waals surface area contributed by atoms with Crippen molar-refractivity contribution < 1.29 is 9.59 Å². The predicted molar refractivity (Wildman–Crippen MR) is 58.7 cm³/mol. The minimum Gasteiger partial charge on any atom is -0.300 e. The lowest BCUT2D eigenvalue weighted by Gasteiger charge is -1.87. The maximum Gasteiger partial charge on any atom is 0.137 e. The standard InChI is InChI=1S/C6H10N2.C5H8O2/c1-5-4-6(2)8(3)7-5;1-4(6)3-5(2)7/h4H,1-3H3;3H2,1-2H3. The van der Waals surface area contributed by atoms with Crippen molar-refractivity contribution in [3.05, 3.63) is 17.5 Å². The molecule has 4 nitrogen and oxygen atoms in total. The highest BCUT2D eigenvalue weighted by Gasteiger charge is 1.94. The molecule has 15 heavy (non-hydrogen) atoms. The highest BCUT2D eigenvalue weighted by molar-refractivity contribution is 5.96. The van der Waals surface area contributed by atoms with Gasteiger partial charge in [-0.3, -0.25) is 14.3 Å². The van der Waals surface area contributed by atoms with Crippen LogP contribution in [0.5, 0.6) is 0 Å². The zero-order valence-electron chi connectivity index (χ0n) is 10.00. The van der Waals surface area contributed by atoms with Gasteiger partial charge in [0, 0.05) is 12.7 Å². The van der Waals surface area contributed by atoms with E-state index in [0.717, 1.165) is 5.69 Å². The van der Waals surface area contributed by atoms with E-state index in [2.05, 4.69) is 11.2 Å². The first-order valence-electron chi connectivity index (χ1n) is 4.79. The molecule has 1 aromatic heterocycles. The van der Waals surface area contributed by atoms with Crippen LogP contribution >= 0.6 is 0 Å². The van der Waals surface area contributed by atoms with Crippen LogP contribution in [0.15, 0.2) is 6.07 Å². The lowest BCUT2D eigenvalue weighted by atomic mass is 10.2. The highest BCUT2D eigenvalue weighted by Crippen LogP contribution is 1.97. The topological polar surface area (TPSA) is 52.0 Å². The zero-order valence-corrected chi connectivity index (χ0v) is 10.00. The molecule has 0 spiro atoms. The Morgan fingerprint density at radius 2 is 1.73 bits per heavy atom. The minimum atomic E-state index is -0.0625. The molecule has 1 aromatic rings. The van der Waals surface area contributed by atoms with E-state index in [1.54, 1.807) is 0 Å². The maximum absolute atomic E-state index is 10.0. The van der Waals surface area contributed by atoms with Crippen molar-refractivity contribution in [3.63, 3.8) is 0 Å². The first-order valence-corrected chi connectivity index (χ1v) is 4.79. The minimum absolute atomic E-state index is 0.0625. The fraction of sp³-hybridized carbons (Fsp3) is 0.545. The summed E-state index contributed by atoms with van der Waals surface area (Å²) in [6, 6.07) is 2.06. The maximum atomic E-state index is 10.0. The summed E-state index contributed by atoms with van der Waals surface area (Å²) in [5.74, 6) is -0.125. The summed E-state index contributed by atoms with van der Waals surface area (Å²) >= 11 is 0. The molecule has 0 saturated carbocycles. The van der Waals surface area contributed by atoms with Crippen molar-refractivity contribution in [3.8, 4) is 0 Å². The Morgan fingerprint density at radius 3 is 1.80 bits per heavy atom. The van der Waals surface area contributed by atoms with E-state index in [1.807, 2.05) is 25.6 Å². The number of carbonyl (C=O) groups is 2. The molecular weight excluding hydrogens is 192 g/mol. The van der Waals surface area contributed by atoms with Crippen molar-refractivity contribution in [1.29, 1.82) is 0 Å². The lowest BCUT2D eigenvalue weighted by molar-refractivity contribution is -0.124. The second-order valence-electron chi connectivity index (χ2n) is 3.63. The molecule has 0 saturated heterocycles. The van der Waals surface area contributed by atoms with Crippen LogP contribution in [0.3, 0.4) is 0 Å². The quantitative estimate of drug-likeness (QED) is 0.696. The normalized spacial score (nSPS) is 9.13. The third-order valence-electron chi connectivity index (χ3n) is 1.73. The zero-order chi connectivity index (χ0) is 12.0. The van der Waals surface area contributed by atoms with Crippen LogP contribution in [-0.4, -0.2) is 21.3 Å². The van der Waals surface area contributed by atoms with Gasteiger partial charge in [0.1, 0.15) is 11.6 Å². The summed E-state index contributed by atoms with van der Waals surface area (Å²) in [7, 11) is 1.95. The number of hydrogen-bond acceptors (Lipinski definition) is 3. The van der Waals surface area contributed by atoms with Crippen molar-refractivity contribution in [1.82, 2.24) is 9.78 Å². The third kappa shape index (κ3) is 6.60. The van der Waals surface area contributed by atoms with E-state index in [9.17, 15) is 9.59 Å². The van der Waals surface area contributed by atoms with Gasteiger partial charge in [-0.2, -0.15) is 5.10 Å². The first-order chi connectivity index (χ1) is 6.82. The Kier molecular flexibility index (Phi) is 5.52. The van der Waals surface area contributed by atoms with Gasteiger partial charge in [0.05, 0.1) is 12.1 Å². The summed E-state index contributed by atoms with van der Waals surface area (Å²) in [6.07, 6.45) is 0.0833. The third-order valence-corrected chi connectivity index (χ3v) is 1.73. The fourth-order valence-corrected chi connectivity index (χ4v) is 1.09. The Hall–Kier alpha value is -1.45. The average molecular weight is 210 g/mol. The summed E-state index contributed by atoms with van der Waals surface area (Å²) in [5, 5.41) is 4.13. The van der Waals surface area contributed by atoms with Gasteiger partial charge in [0.15, 0.2) is 0 Å². The first kappa shape index (κ1) is 13.5. The van der Waals surface area contributed by atoms with Gasteiger partial charge >= 0.3 is 0 Å². The lowest BCUT2D eigenvalue weighted by Crippen LogP contribution is -1.97. The fourth-order valence-electron chi connectivity index (χ4n) is 1.09. The summed E-state index contributed by atoms with van der Waals surface area (Å²) in [6.45, 7) is 6.84. The summed E-state index contributed by atoms with van der Waals surface area (Å²) in [5.41, 5.74) is 2.30. The van der Waals surface area contributed by atoms with E-state index in [0.29, 0.717) is 0 Å². The van der Waals surface area contributed by atoms with Gasteiger partial charge in [-0.1, -0.05) is 0 Å². The Morgan fingerprint density at radius 1 is 1.27 bits per heavy atom. The molecule has 0 aliphatic rings. The number of aromatic nitrogens is 2. The highest BCUT2D eigenvalue weighted by atomic mass is 16.1. The van der Waals surface area contributed by atoms with Crippen LogP contribution in [0.2, 0.25) is 0 Å². The van der Waals surface area contributed by atoms with Crippen molar-refractivity contribution in [2.24, 2.45) is 7.05 Å². The summed E-state index contributed by atoms with van der Waals surface area (Å²) in [4.78, 5) is 20.1. The number of carbonyl (C=O) groups excluding carboxylic acids is 2. The van der Waals surface area contributed by atoms with Crippen molar-refractivity contribution >= 4 is 11.6 Å². The Balaban J connectivity index is 0.000000265. The van der Waals surface area contributed by atoms with Crippen LogP contribution < -0.4 is 0 Å². The monoisotopic (exact) mass is 210 g/mol. The van der Waals surface area contributed by atoms with Crippen LogP contribution in [0.1, 0.15) is 31.7 Å². The second-order valence-corrected chi connectivity index (χ2v) is 3.63. The molecule has 0 amide bonds. The predicted octanol–water partition coefficient (Wildman–Crippen LogP) is 1.59.